The lowest BCUT2D eigenvalue weighted by molar-refractivity contribution is -0.121. The minimum Gasteiger partial charge on any atom is -0.366 e. The van der Waals surface area contributed by atoms with Gasteiger partial charge in [-0.2, -0.15) is 0 Å². The van der Waals surface area contributed by atoms with Gasteiger partial charge in [0.15, 0.2) is 5.78 Å². The van der Waals surface area contributed by atoms with E-state index in [9.17, 15) is 9.59 Å². The molecule has 23 heavy (non-hydrogen) atoms. The summed E-state index contributed by atoms with van der Waals surface area (Å²) < 4.78 is 5.88. The SMILES string of the molecule is C=C1CC[C@H]2O[C@]2(C)C/C=C2/[C@@H](C(C)C)C(=O)C[C@]2(C)CC1=O. The molecule has 2 fully saturated rings. The van der Waals surface area contributed by atoms with Crippen LogP contribution in [0.15, 0.2) is 23.8 Å². The fraction of sp³-hybridized carbons (Fsp3) is 0.700. The summed E-state index contributed by atoms with van der Waals surface area (Å²) in [4.78, 5) is 25.2. The van der Waals surface area contributed by atoms with Crippen LogP contribution < -0.4 is 0 Å². The predicted octanol–water partition coefficient (Wildman–Crippen LogP) is 4.02. The van der Waals surface area contributed by atoms with Crippen molar-refractivity contribution in [3.63, 3.8) is 0 Å². The van der Waals surface area contributed by atoms with Gasteiger partial charge in [-0.15, -0.1) is 0 Å². The minimum atomic E-state index is -0.350. The summed E-state index contributed by atoms with van der Waals surface area (Å²) in [5.74, 6) is 0.604. The second-order valence-electron chi connectivity index (χ2n) is 8.45. The average Bonchev–Trinajstić information content (AvgIpc) is 3.01. The van der Waals surface area contributed by atoms with E-state index in [-0.39, 0.29) is 40.5 Å². The molecule has 1 saturated carbocycles. The smallest absolute Gasteiger partial charge is 0.159 e. The number of hydrogen-bond acceptors (Lipinski definition) is 3. The number of hydrogen-bond donors (Lipinski definition) is 0. The first-order chi connectivity index (χ1) is 10.7. The number of carbonyl (C=O) groups excluding carboxylic acids is 2. The van der Waals surface area contributed by atoms with Gasteiger partial charge in [0.05, 0.1) is 11.7 Å². The number of allylic oxidation sites excluding steroid dienone is 2. The molecule has 3 nitrogen and oxygen atoms in total. The summed E-state index contributed by atoms with van der Waals surface area (Å²) in [5, 5.41) is 0. The Morgan fingerprint density at radius 2 is 1.96 bits per heavy atom. The van der Waals surface area contributed by atoms with E-state index in [4.69, 9.17) is 4.74 Å². The van der Waals surface area contributed by atoms with Crippen LogP contribution in [0.25, 0.3) is 0 Å². The number of ketones is 2. The molecule has 0 unspecified atom stereocenters. The first-order valence-electron chi connectivity index (χ1n) is 8.78. The van der Waals surface area contributed by atoms with E-state index in [1.54, 1.807) is 0 Å². The quantitative estimate of drug-likeness (QED) is 0.417. The van der Waals surface area contributed by atoms with Gasteiger partial charge in [-0.1, -0.05) is 39.0 Å². The molecule has 0 N–H and O–H groups in total. The van der Waals surface area contributed by atoms with Crippen LogP contribution in [0.5, 0.6) is 0 Å². The Labute approximate surface area is 139 Å². The summed E-state index contributed by atoms with van der Waals surface area (Å²) >= 11 is 0. The molecule has 126 valence electrons. The van der Waals surface area contributed by atoms with Gasteiger partial charge in [0.2, 0.25) is 0 Å². The highest BCUT2D eigenvalue weighted by Gasteiger charge is 2.53. The Kier molecular flexibility index (Phi) is 3.91. The van der Waals surface area contributed by atoms with E-state index < -0.39 is 0 Å². The molecule has 1 heterocycles. The van der Waals surface area contributed by atoms with E-state index in [0.717, 1.165) is 18.4 Å². The number of rotatable bonds is 1. The fourth-order valence-electron chi connectivity index (χ4n) is 4.49. The van der Waals surface area contributed by atoms with Crippen molar-refractivity contribution in [2.75, 3.05) is 0 Å². The Morgan fingerprint density at radius 1 is 1.26 bits per heavy atom. The van der Waals surface area contributed by atoms with E-state index in [0.29, 0.717) is 24.8 Å². The summed E-state index contributed by atoms with van der Waals surface area (Å²) in [6.45, 7) is 12.4. The number of carbonyl (C=O) groups is 2. The van der Waals surface area contributed by atoms with Crippen molar-refractivity contribution >= 4 is 11.6 Å². The molecule has 0 amide bonds. The third-order valence-electron chi connectivity index (χ3n) is 6.03. The van der Waals surface area contributed by atoms with Crippen molar-refractivity contribution in [1.29, 1.82) is 0 Å². The number of Topliss-reactive ketones (excluding diaryl/α,β-unsaturated/α-hetero) is 2. The van der Waals surface area contributed by atoms with E-state index in [1.807, 2.05) is 0 Å². The highest BCUT2D eigenvalue weighted by molar-refractivity contribution is 5.97. The first kappa shape index (κ1) is 16.6. The molecule has 0 spiro atoms. The molecule has 2 aliphatic carbocycles. The van der Waals surface area contributed by atoms with Crippen molar-refractivity contribution < 1.29 is 14.3 Å². The van der Waals surface area contributed by atoms with Crippen LogP contribution in [-0.2, 0) is 14.3 Å². The van der Waals surface area contributed by atoms with Crippen molar-refractivity contribution in [2.45, 2.75) is 71.5 Å². The normalized spacial score (nSPS) is 43.5. The number of ether oxygens (including phenoxy) is 1. The molecule has 1 saturated heterocycles. The number of fused-ring (bicyclic) bond motifs is 2. The van der Waals surface area contributed by atoms with Gasteiger partial charge in [-0.05, 0) is 37.7 Å². The maximum absolute atomic E-state index is 12.6. The molecule has 0 bridgehead atoms. The minimum absolute atomic E-state index is 0.0531. The van der Waals surface area contributed by atoms with Crippen molar-refractivity contribution in [1.82, 2.24) is 0 Å². The zero-order valence-electron chi connectivity index (χ0n) is 14.8. The maximum atomic E-state index is 12.6. The molecule has 1 aliphatic heterocycles. The van der Waals surface area contributed by atoms with Crippen LogP contribution in [0, 0.1) is 17.3 Å². The van der Waals surface area contributed by atoms with Gasteiger partial charge in [-0.3, -0.25) is 9.59 Å². The lowest BCUT2D eigenvalue weighted by atomic mass is 9.75. The Balaban J connectivity index is 2.00. The molecule has 4 atom stereocenters. The molecule has 3 rings (SSSR count). The largest absolute Gasteiger partial charge is 0.366 e. The van der Waals surface area contributed by atoms with Gasteiger partial charge < -0.3 is 4.74 Å². The monoisotopic (exact) mass is 316 g/mol. The molecule has 3 aliphatic rings. The summed E-state index contributed by atoms with van der Waals surface area (Å²) in [6.07, 6.45) is 5.72. The molecular weight excluding hydrogens is 288 g/mol. The standard InChI is InChI=1S/C20H28O3/c1-12(2)18-14-8-9-20(5)17(23-20)7-6-13(3)15(21)10-19(14,4)11-16(18)22/h8,12,17-18H,3,6-7,9-11H2,1-2,4-5H3/b14-8-/t17-,18-,19+,20-/m1/s1. The molecule has 3 heteroatoms. The lowest BCUT2D eigenvalue weighted by Crippen LogP contribution is -2.23. The van der Waals surface area contributed by atoms with Crippen LogP contribution in [0.1, 0.15) is 59.8 Å². The van der Waals surface area contributed by atoms with E-state index in [1.165, 1.54) is 0 Å². The van der Waals surface area contributed by atoms with Gasteiger partial charge in [0.25, 0.3) is 0 Å². The van der Waals surface area contributed by atoms with Crippen molar-refractivity contribution in [3.8, 4) is 0 Å². The average molecular weight is 316 g/mol. The zero-order chi connectivity index (χ0) is 17.0. The zero-order valence-corrected chi connectivity index (χ0v) is 14.8. The first-order valence-corrected chi connectivity index (χ1v) is 8.78. The molecular formula is C20H28O3. The lowest BCUT2D eigenvalue weighted by Gasteiger charge is -2.28. The second kappa shape index (κ2) is 5.41. The fourth-order valence-corrected chi connectivity index (χ4v) is 4.49. The van der Waals surface area contributed by atoms with Crippen LogP contribution in [0.3, 0.4) is 0 Å². The predicted molar refractivity (Wildman–Crippen MR) is 90.0 cm³/mol. The summed E-state index contributed by atoms with van der Waals surface area (Å²) in [6, 6.07) is 0. The highest BCUT2D eigenvalue weighted by atomic mass is 16.6. The Hall–Kier alpha value is -1.22. The topological polar surface area (TPSA) is 46.7 Å². The van der Waals surface area contributed by atoms with Crippen molar-refractivity contribution in [3.05, 3.63) is 23.8 Å². The summed E-state index contributed by atoms with van der Waals surface area (Å²) in [5.41, 5.74) is 1.37. The van der Waals surface area contributed by atoms with Crippen molar-refractivity contribution in [2.24, 2.45) is 17.3 Å². The van der Waals surface area contributed by atoms with E-state index >= 15 is 0 Å². The van der Waals surface area contributed by atoms with Crippen LogP contribution in [-0.4, -0.2) is 23.3 Å². The van der Waals surface area contributed by atoms with Gasteiger partial charge in [0, 0.05) is 24.2 Å². The molecule has 0 aromatic carbocycles. The highest BCUT2D eigenvalue weighted by Crippen LogP contribution is 2.52. The molecule has 0 radical (unpaired) electrons. The maximum Gasteiger partial charge on any atom is 0.159 e. The van der Waals surface area contributed by atoms with E-state index in [2.05, 4.69) is 40.3 Å². The third kappa shape index (κ3) is 2.84. The number of epoxide rings is 1. The van der Waals surface area contributed by atoms with Crippen LogP contribution in [0.4, 0.5) is 0 Å². The van der Waals surface area contributed by atoms with Crippen LogP contribution in [0.2, 0.25) is 0 Å². The van der Waals surface area contributed by atoms with Gasteiger partial charge >= 0.3 is 0 Å². The Morgan fingerprint density at radius 3 is 2.61 bits per heavy atom. The molecule has 0 aromatic rings. The van der Waals surface area contributed by atoms with Gasteiger partial charge in [0.1, 0.15) is 5.78 Å². The molecule has 0 aromatic heterocycles. The Bertz CT molecular complexity index is 600. The third-order valence-corrected chi connectivity index (χ3v) is 6.03. The van der Waals surface area contributed by atoms with Gasteiger partial charge in [-0.25, -0.2) is 0 Å². The second-order valence-corrected chi connectivity index (χ2v) is 8.45. The van der Waals surface area contributed by atoms with Crippen LogP contribution >= 0.6 is 0 Å². The summed E-state index contributed by atoms with van der Waals surface area (Å²) in [7, 11) is 0.